The first-order valence-electron chi connectivity index (χ1n) is 5.51. The largest absolute Gasteiger partial charge is 0.306 e. The van der Waals surface area contributed by atoms with Gasteiger partial charge in [-0.25, -0.2) is 4.98 Å². The lowest BCUT2D eigenvalue weighted by Crippen LogP contribution is -2.11. The number of rotatable bonds is 3. The molecule has 2 aromatic heterocycles. The van der Waals surface area contributed by atoms with Crippen LogP contribution in [0.3, 0.4) is 0 Å². The van der Waals surface area contributed by atoms with Crippen LogP contribution in [0.5, 0.6) is 0 Å². The Kier molecular flexibility index (Phi) is 3.54. The Balaban J connectivity index is 2.11. The molecule has 1 N–H and O–H groups in total. The third-order valence-corrected chi connectivity index (χ3v) is 3.62. The number of thiophene rings is 1. The summed E-state index contributed by atoms with van der Waals surface area (Å²) in [5.74, 6) is 0.509. The van der Waals surface area contributed by atoms with E-state index < -0.39 is 0 Å². The van der Waals surface area contributed by atoms with Crippen LogP contribution in [0.1, 0.15) is 27.0 Å². The average Bonchev–Trinajstić information content (AvgIpc) is 2.77. The van der Waals surface area contributed by atoms with Crippen molar-refractivity contribution in [1.82, 2.24) is 4.98 Å². The Labute approximate surface area is 105 Å². The van der Waals surface area contributed by atoms with E-state index in [1.54, 1.807) is 6.20 Å². The first kappa shape index (κ1) is 11.8. The number of pyridine rings is 1. The predicted molar refractivity (Wildman–Crippen MR) is 70.6 cm³/mol. The topological polar surface area (TPSA) is 42.0 Å². The highest BCUT2D eigenvalue weighted by atomic mass is 32.1. The van der Waals surface area contributed by atoms with E-state index >= 15 is 0 Å². The first-order chi connectivity index (χ1) is 8.19. The van der Waals surface area contributed by atoms with E-state index in [0.717, 1.165) is 16.9 Å². The number of aromatic nitrogens is 1. The van der Waals surface area contributed by atoms with Crippen LogP contribution in [0, 0.1) is 6.92 Å². The second kappa shape index (κ2) is 5.10. The van der Waals surface area contributed by atoms with Gasteiger partial charge in [-0.2, -0.15) is 0 Å². The minimum Gasteiger partial charge on any atom is -0.306 e. The molecule has 4 heteroatoms. The Morgan fingerprint density at radius 3 is 2.88 bits per heavy atom. The lowest BCUT2D eigenvalue weighted by atomic mass is 10.3. The third kappa shape index (κ3) is 2.91. The fourth-order valence-electron chi connectivity index (χ4n) is 1.47. The van der Waals surface area contributed by atoms with Crippen LogP contribution < -0.4 is 5.32 Å². The SMILES string of the molecule is CCc1ccc(C(=O)Nc2cc(C)ccn2)s1. The van der Waals surface area contributed by atoms with Gasteiger partial charge in [-0.3, -0.25) is 4.79 Å². The summed E-state index contributed by atoms with van der Waals surface area (Å²) >= 11 is 1.52. The fraction of sp³-hybridized carbons (Fsp3) is 0.231. The van der Waals surface area contributed by atoms with E-state index in [0.29, 0.717) is 5.82 Å². The zero-order chi connectivity index (χ0) is 12.3. The van der Waals surface area contributed by atoms with Crippen LogP contribution in [0.15, 0.2) is 30.5 Å². The van der Waals surface area contributed by atoms with Crippen molar-refractivity contribution in [2.24, 2.45) is 0 Å². The molecule has 0 aliphatic rings. The van der Waals surface area contributed by atoms with E-state index in [4.69, 9.17) is 0 Å². The highest BCUT2D eigenvalue weighted by Crippen LogP contribution is 2.18. The summed E-state index contributed by atoms with van der Waals surface area (Å²) in [5.41, 5.74) is 1.08. The molecule has 0 fully saturated rings. The first-order valence-corrected chi connectivity index (χ1v) is 6.33. The number of carbonyl (C=O) groups is 1. The number of aryl methyl sites for hydroxylation is 2. The van der Waals surface area contributed by atoms with Gasteiger partial charge in [-0.05, 0) is 43.2 Å². The van der Waals surface area contributed by atoms with Crippen molar-refractivity contribution in [3.8, 4) is 0 Å². The molecule has 0 spiro atoms. The van der Waals surface area contributed by atoms with Gasteiger partial charge in [0.25, 0.3) is 5.91 Å². The molecule has 0 saturated carbocycles. The fourth-order valence-corrected chi connectivity index (χ4v) is 2.32. The van der Waals surface area contributed by atoms with Gasteiger partial charge in [0.1, 0.15) is 5.82 Å². The van der Waals surface area contributed by atoms with E-state index in [1.807, 2.05) is 31.2 Å². The summed E-state index contributed by atoms with van der Waals surface area (Å²) in [6.45, 7) is 4.05. The van der Waals surface area contributed by atoms with Crippen molar-refractivity contribution in [2.45, 2.75) is 20.3 Å². The zero-order valence-electron chi connectivity index (χ0n) is 9.86. The van der Waals surface area contributed by atoms with Crippen molar-refractivity contribution in [2.75, 3.05) is 5.32 Å². The van der Waals surface area contributed by atoms with Crippen molar-refractivity contribution in [1.29, 1.82) is 0 Å². The molecule has 0 aliphatic heterocycles. The molecule has 1 amide bonds. The van der Waals surface area contributed by atoms with Crippen molar-refractivity contribution < 1.29 is 4.79 Å². The Morgan fingerprint density at radius 2 is 2.24 bits per heavy atom. The summed E-state index contributed by atoms with van der Waals surface area (Å²) in [5, 5.41) is 2.80. The summed E-state index contributed by atoms with van der Waals surface area (Å²) < 4.78 is 0. The molecule has 0 bridgehead atoms. The maximum atomic E-state index is 11.9. The van der Waals surface area contributed by atoms with Crippen LogP contribution in [-0.2, 0) is 6.42 Å². The minimum atomic E-state index is -0.0900. The van der Waals surface area contributed by atoms with Gasteiger partial charge in [-0.1, -0.05) is 6.92 Å². The second-order valence-electron chi connectivity index (χ2n) is 3.79. The smallest absolute Gasteiger partial charge is 0.266 e. The summed E-state index contributed by atoms with van der Waals surface area (Å²) in [7, 11) is 0. The summed E-state index contributed by atoms with van der Waals surface area (Å²) in [6.07, 6.45) is 2.65. The molecule has 2 heterocycles. The number of nitrogens with one attached hydrogen (secondary N) is 1. The quantitative estimate of drug-likeness (QED) is 0.903. The molecule has 0 aromatic carbocycles. The number of hydrogen-bond acceptors (Lipinski definition) is 3. The Morgan fingerprint density at radius 1 is 1.41 bits per heavy atom. The van der Waals surface area contributed by atoms with Gasteiger partial charge >= 0.3 is 0 Å². The zero-order valence-corrected chi connectivity index (χ0v) is 10.7. The number of hydrogen-bond donors (Lipinski definition) is 1. The molecule has 17 heavy (non-hydrogen) atoms. The maximum Gasteiger partial charge on any atom is 0.266 e. The van der Waals surface area contributed by atoms with E-state index in [2.05, 4.69) is 17.2 Å². The molecular formula is C13H14N2OS. The summed E-state index contributed by atoms with van der Waals surface area (Å²) in [4.78, 5) is 18.0. The predicted octanol–water partition coefficient (Wildman–Crippen LogP) is 3.27. The minimum absolute atomic E-state index is 0.0900. The van der Waals surface area contributed by atoms with Crippen LogP contribution >= 0.6 is 11.3 Å². The van der Waals surface area contributed by atoms with Gasteiger partial charge in [0.2, 0.25) is 0 Å². The molecule has 2 rings (SSSR count). The van der Waals surface area contributed by atoms with Crippen molar-refractivity contribution in [3.05, 3.63) is 45.8 Å². The van der Waals surface area contributed by atoms with Gasteiger partial charge < -0.3 is 5.32 Å². The number of nitrogens with zero attached hydrogens (tertiary/aromatic N) is 1. The lowest BCUT2D eigenvalue weighted by Gasteiger charge is -2.02. The molecule has 0 unspecified atom stereocenters. The van der Waals surface area contributed by atoms with E-state index in [1.165, 1.54) is 16.2 Å². The Hall–Kier alpha value is -1.68. The van der Waals surface area contributed by atoms with Gasteiger partial charge in [0.05, 0.1) is 4.88 Å². The Bertz CT molecular complexity index is 534. The number of anilines is 1. The van der Waals surface area contributed by atoms with Crippen molar-refractivity contribution >= 4 is 23.1 Å². The van der Waals surface area contributed by atoms with Gasteiger partial charge in [0.15, 0.2) is 0 Å². The highest BCUT2D eigenvalue weighted by molar-refractivity contribution is 7.14. The number of amides is 1. The normalized spacial score (nSPS) is 10.2. The standard InChI is InChI=1S/C13H14N2OS/c1-3-10-4-5-11(17-10)13(16)15-12-8-9(2)6-7-14-12/h4-8H,3H2,1-2H3,(H,14,15,16). The average molecular weight is 246 g/mol. The molecule has 0 radical (unpaired) electrons. The lowest BCUT2D eigenvalue weighted by molar-refractivity contribution is 0.103. The summed E-state index contributed by atoms with van der Waals surface area (Å²) in [6, 6.07) is 7.60. The molecular weight excluding hydrogens is 232 g/mol. The van der Waals surface area contributed by atoms with Crippen LogP contribution in [0.4, 0.5) is 5.82 Å². The molecule has 0 aliphatic carbocycles. The van der Waals surface area contributed by atoms with Crippen LogP contribution in [0.2, 0.25) is 0 Å². The van der Waals surface area contributed by atoms with Crippen LogP contribution in [-0.4, -0.2) is 10.9 Å². The molecule has 0 atom stereocenters. The van der Waals surface area contributed by atoms with Gasteiger partial charge in [0, 0.05) is 11.1 Å². The molecule has 2 aromatic rings. The van der Waals surface area contributed by atoms with E-state index in [9.17, 15) is 4.79 Å². The van der Waals surface area contributed by atoms with Gasteiger partial charge in [-0.15, -0.1) is 11.3 Å². The molecule has 0 saturated heterocycles. The van der Waals surface area contributed by atoms with E-state index in [-0.39, 0.29) is 5.91 Å². The van der Waals surface area contributed by atoms with Crippen LogP contribution in [0.25, 0.3) is 0 Å². The maximum absolute atomic E-state index is 11.9. The highest BCUT2D eigenvalue weighted by Gasteiger charge is 2.09. The molecule has 3 nitrogen and oxygen atoms in total. The number of carbonyl (C=O) groups excluding carboxylic acids is 1. The monoisotopic (exact) mass is 246 g/mol. The third-order valence-electron chi connectivity index (χ3n) is 2.39. The van der Waals surface area contributed by atoms with Crippen molar-refractivity contribution in [3.63, 3.8) is 0 Å². The molecule has 88 valence electrons. The second-order valence-corrected chi connectivity index (χ2v) is 4.96.